The molecule has 0 spiro atoms. The van der Waals surface area contributed by atoms with Crippen LogP contribution in [0.2, 0.25) is 0 Å². The quantitative estimate of drug-likeness (QED) is 0.820. The normalized spacial score (nSPS) is 14.9. The van der Waals surface area contributed by atoms with Gasteiger partial charge in [-0.3, -0.25) is 0 Å². The van der Waals surface area contributed by atoms with Crippen LogP contribution in [0, 0.1) is 0 Å². The van der Waals surface area contributed by atoms with Gasteiger partial charge in [0, 0.05) is 19.5 Å². The molecular formula is C16H24BrNO3. The number of benzene rings is 1. The topological polar surface area (TPSA) is 50.7 Å². The maximum atomic E-state index is 10.3. The molecule has 1 aromatic carbocycles. The van der Waals surface area contributed by atoms with Crippen molar-refractivity contribution in [3.8, 4) is 11.5 Å². The van der Waals surface area contributed by atoms with Gasteiger partial charge in [-0.25, -0.2) is 0 Å². The van der Waals surface area contributed by atoms with Crippen molar-refractivity contribution in [2.75, 3.05) is 19.8 Å². The Bertz CT molecular complexity index is 475. The fourth-order valence-corrected chi connectivity index (χ4v) is 2.93. The van der Waals surface area contributed by atoms with Crippen LogP contribution < -0.4 is 14.8 Å². The van der Waals surface area contributed by atoms with Crippen LogP contribution >= 0.6 is 15.9 Å². The molecule has 2 N–H and O–H groups in total. The van der Waals surface area contributed by atoms with Crippen LogP contribution in [0.3, 0.4) is 0 Å². The summed E-state index contributed by atoms with van der Waals surface area (Å²) in [6.45, 7) is 6.67. The molecule has 1 aromatic rings. The lowest BCUT2D eigenvalue weighted by molar-refractivity contribution is 0.0323. The zero-order chi connectivity index (χ0) is 15.3. The van der Waals surface area contributed by atoms with E-state index in [0.717, 1.165) is 40.8 Å². The van der Waals surface area contributed by atoms with Gasteiger partial charge < -0.3 is 19.9 Å². The molecule has 0 saturated heterocycles. The molecule has 0 fully saturated rings. The maximum Gasteiger partial charge on any atom is 0.175 e. The van der Waals surface area contributed by atoms with E-state index in [1.807, 2.05) is 26.0 Å². The first-order chi connectivity index (χ1) is 10.1. The van der Waals surface area contributed by atoms with Crippen LogP contribution in [0.4, 0.5) is 0 Å². The highest BCUT2D eigenvalue weighted by Gasteiger charge is 2.21. The van der Waals surface area contributed by atoms with Crippen molar-refractivity contribution < 1.29 is 14.6 Å². The minimum absolute atomic E-state index is 0.589. The first-order valence-electron chi connectivity index (χ1n) is 7.59. The third kappa shape index (κ3) is 4.34. The SMILES string of the molecule is CCC(O)(CC)CNCc1cc(Br)c2c(c1)OCCCO2. The number of rotatable bonds is 6. The van der Waals surface area contributed by atoms with Gasteiger partial charge >= 0.3 is 0 Å². The Morgan fingerprint density at radius 2 is 1.95 bits per heavy atom. The molecule has 0 bridgehead atoms. The summed E-state index contributed by atoms with van der Waals surface area (Å²) in [7, 11) is 0. The maximum absolute atomic E-state index is 10.3. The molecule has 1 aliphatic rings. The van der Waals surface area contributed by atoms with Gasteiger partial charge in [0.2, 0.25) is 0 Å². The van der Waals surface area contributed by atoms with Gasteiger partial charge in [-0.1, -0.05) is 13.8 Å². The number of nitrogens with one attached hydrogen (secondary N) is 1. The summed E-state index contributed by atoms with van der Waals surface area (Å²) in [6, 6.07) is 4.05. The summed E-state index contributed by atoms with van der Waals surface area (Å²) in [6.07, 6.45) is 2.40. The smallest absolute Gasteiger partial charge is 0.175 e. The van der Waals surface area contributed by atoms with Crippen LogP contribution in [0.1, 0.15) is 38.7 Å². The number of halogens is 1. The molecule has 0 aromatic heterocycles. The second-order valence-corrected chi connectivity index (χ2v) is 6.34. The van der Waals surface area contributed by atoms with Crippen LogP contribution in [0.25, 0.3) is 0 Å². The van der Waals surface area contributed by atoms with E-state index in [1.54, 1.807) is 0 Å². The van der Waals surface area contributed by atoms with Gasteiger partial charge in [0.1, 0.15) is 0 Å². The lowest BCUT2D eigenvalue weighted by atomic mass is 9.97. The van der Waals surface area contributed by atoms with Crippen molar-refractivity contribution in [2.45, 2.75) is 45.3 Å². The van der Waals surface area contributed by atoms with E-state index in [0.29, 0.717) is 26.3 Å². The summed E-state index contributed by atoms with van der Waals surface area (Å²) in [5, 5.41) is 13.6. The number of fused-ring (bicyclic) bond motifs is 1. The van der Waals surface area contributed by atoms with Crippen LogP contribution in [0.5, 0.6) is 11.5 Å². The Balaban J connectivity index is 2.01. The molecule has 21 heavy (non-hydrogen) atoms. The Hall–Kier alpha value is -0.780. The third-order valence-corrected chi connectivity index (χ3v) is 4.55. The van der Waals surface area contributed by atoms with E-state index >= 15 is 0 Å². The molecule has 118 valence electrons. The Labute approximate surface area is 135 Å². The van der Waals surface area contributed by atoms with Gasteiger partial charge in [-0.05, 0) is 46.5 Å². The zero-order valence-corrected chi connectivity index (χ0v) is 14.3. The molecule has 0 amide bonds. The second kappa shape index (κ2) is 7.47. The van der Waals surface area contributed by atoms with Crippen LogP contribution in [-0.2, 0) is 6.54 Å². The first-order valence-corrected chi connectivity index (χ1v) is 8.38. The summed E-state index contributed by atoms with van der Waals surface area (Å²) in [5.41, 5.74) is 0.489. The highest BCUT2D eigenvalue weighted by Crippen LogP contribution is 2.38. The summed E-state index contributed by atoms with van der Waals surface area (Å²) < 4.78 is 12.3. The zero-order valence-electron chi connectivity index (χ0n) is 12.7. The monoisotopic (exact) mass is 357 g/mol. The largest absolute Gasteiger partial charge is 0.490 e. The summed E-state index contributed by atoms with van der Waals surface area (Å²) >= 11 is 3.54. The highest BCUT2D eigenvalue weighted by molar-refractivity contribution is 9.10. The predicted octanol–water partition coefficient (Wildman–Crippen LogP) is 3.25. The van der Waals surface area contributed by atoms with E-state index in [-0.39, 0.29) is 0 Å². The van der Waals surface area contributed by atoms with E-state index in [9.17, 15) is 5.11 Å². The van der Waals surface area contributed by atoms with E-state index in [4.69, 9.17) is 9.47 Å². The van der Waals surface area contributed by atoms with Crippen molar-refractivity contribution in [1.82, 2.24) is 5.32 Å². The van der Waals surface area contributed by atoms with Crippen molar-refractivity contribution >= 4 is 15.9 Å². The molecule has 0 saturated carbocycles. The van der Waals surface area contributed by atoms with Crippen molar-refractivity contribution in [2.24, 2.45) is 0 Å². The molecular weight excluding hydrogens is 334 g/mol. The lowest BCUT2D eigenvalue weighted by Gasteiger charge is -2.25. The average molecular weight is 358 g/mol. The van der Waals surface area contributed by atoms with Gasteiger partial charge in [0.15, 0.2) is 11.5 Å². The van der Waals surface area contributed by atoms with Crippen molar-refractivity contribution in [3.05, 3.63) is 22.2 Å². The molecule has 4 nitrogen and oxygen atoms in total. The Morgan fingerprint density at radius 1 is 1.24 bits per heavy atom. The van der Waals surface area contributed by atoms with Crippen LogP contribution in [-0.4, -0.2) is 30.5 Å². The molecule has 2 rings (SSSR count). The van der Waals surface area contributed by atoms with Gasteiger partial charge in [0.05, 0.1) is 23.3 Å². The number of aliphatic hydroxyl groups is 1. The van der Waals surface area contributed by atoms with Gasteiger partial charge in [-0.15, -0.1) is 0 Å². The molecule has 0 aliphatic carbocycles. The summed E-state index contributed by atoms with van der Waals surface area (Å²) in [5.74, 6) is 1.58. The lowest BCUT2D eigenvalue weighted by Crippen LogP contribution is -2.39. The fraction of sp³-hybridized carbons (Fsp3) is 0.625. The van der Waals surface area contributed by atoms with E-state index in [1.165, 1.54) is 0 Å². The van der Waals surface area contributed by atoms with Crippen LogP contribution in [0.15, 0.2) is 16.6 Å². The van der Waals surface area contributed by atoms with Gasteiger partial charge in [0.25, 0.3) is 0 Å². The Morgan fingerprint density at radius 3 is 2.67 bits per heavy atom. The standard InChI is InChI=1S/C16H24BrNO3/c1-3-16(19,4-2)11-18-10-12-8-13(17)15-14(9-12)20-6-5-7-21-15/h8-9,18-19H,3-7,10-11H2,1-2H3. The average Bonchev–Trinajstić information content (AvgIpc) is 2.73. The number of hydrogen-bond acceptors (Lipinski definition) is 4. The molecule has 0 radical (unpaired) electrons. The molecule has 1 heterocycles. The molecule has 1 aliphatic heterocycles. The minimum atomic E-state index is -0.622. The number of hydrogen-bond donors (Lipinski definition) is 2. The van der Waals surface area contributed by atoms with E-state index < -0.39 is 5.60 Å². The number of ether oxygens (including phenoxy) is 2. The molecule has 5 heteroatoms. The highest BCUT2D eigenvalue weighted by atomic mass is 79.9. The van der Waals surface area contributed by atoms with Crippen molar-refractivity contribution in [1.29, 1.82) is 0 Å². The van der Waals surface area contributed by atoms with E-state index in [2.05, 4.69) is 21.2 Å². The van der Waals surface area contributed by atoms with Crippen molar-refractivity contribution in [3.63, 3.8) is 0 Å². The minimum Gasteiger partial charge on any atom is -0.490 e. The predicted molar refractivity (Wildman–Crippen MR) is 87.0 cm³/mol. The molecule has 0 atom stereocenters. The van der Waals surface area contributed by atoms with Gasteiger partial charge in [-0.2, -0.15) is 0 Å². The third-order valence-electron chi connectivity index (χ3n) is 3.96. The fourth-order valence-electron chi connectivity index (χ4n) is 2.33. The molecule has 0 unspecified atom stereocenters. The second-order valence-electron chi connectivity index (χ2n) is 5.49. The Kier molecular flexibility index (Phi) is 5.90. The summed E-state index contributed by atoms with van der Waals surface area (Å²) in [4.78, 5) is 0. The first kappa shape index (κ1) is 16.6.